The summed E-state index contributed by atoms with van der Waals surface area (Å²) >= 11 is 0. The van der Waals surface area contributed by atoms with Crippen molar-refractivity contribution in [3.63, 3.8) is 0 Å². The standard InChI is InChI=1S/C27H32N4O2.C6H4F2/c1-30-15-16-31(26(33)27(30)11-3-4-12-27)14-6-7-20-9-10-21-18-23(19-22(21)17-20)25(32)29-24-8-2-5-13-28-24;7-5-2-1-3-6(8)4-5/h2,5-10,13,17,23H,3-4,11-12,14-16,18-19H2,1H3,(H,28,29,32);1-4H/b7-6+;. The molecular formula is C33H36F2N4O2. The molecule has 1 N–H and O–H groups in total. The van der Waals surface area contributed by atoms with E-state index in [-0.39, 0.29) is 17.4 Å². The normalized spacial score (nSPS) is 19.7. The molecule has 2 aromatic carbocycles. The molecule has 1 spiro atoms. The van der Waals surface area contributed by atoms with Crippen LogP contribution in [-0.4, -0.2) is 58.8 Å². The van der Waals surface area contributed by atoms with E-state index in [1.807, 2.05) is 23.1 Å². The highest BCUT2D eigenvalue weighted by molar-refractivity contribution is 5.92. The van der Waals surface area contributed by atoms with Crippen LogP contribution in [0.15, 0.2) is 72.9 Å². The van der Waals surface area contributed by atoms with Crippen LogP contribution in [-0.2, 0) is 22.4 Å². The smallest absolute Gasteiger partial charge is 0.243 e. The zero-order valence-electron chi connectivity index (χ0n) is 23.4. The highest BCUT2D eigenvalue weighted by Crippen LogP contribution is 2.38. The molecule has 3 aromatic rings. The van der Waals surface area contributed by atoms with Crippen molar-refractivity contribution in [2.45, 2.75) is 44.1 Å². The number of carbonyl (C=O) groups excluding carboxylic acids is 2. The monoisotopic (exact) mass is 558 g/mol. The molecule has 2 fully saturated rings. The van der Waals surface area contributed by atoms with Gasteiger partial charge in [0.25, 0.3) is 0 Å². The molecule has 1 aromatic heterocycles. The van der Waals surface area contributed by atoms with Crippen LogP contribution in [0.5, 0.6) is 0 Å². The molecular weight excluding hydrogens is 522 g/mol. The van der Waals surface area contributed by atoms with Gasteiger partial charge in [0, 0.05) is 37.8 Å². The number of anilines is 1. The average Bonchev–Trinajstić information content (AvgIpc) is 3.63. The van der Waals surface area contributed by atoms with E-state index >= 15 is 0 Å². The summed E-state index contributed by atoms with van der Waals surface area (Å²) in [6.45, 7) is 2.39. The number of piperazine rings is 1. The SMILES string of the molecule is CN1CCN(C/C=C/c2ccc3c(c2)CC(C(=O)Nc2ccccn2)C3)C(=O)C12CCCC2.Fc1cccc(F)c1. The van der Waals surface area contributed by atoms with Gasteiger partial charge in [-0.05, 0) is 73.7 Å². The second-order valence-electron chi connectivity index (χ2n) is 11.1. The van der Waals surface area contributed by atoms with Gasteiger partial charge < -0.3 is 10.2 Å². The lowest BCUT2D eigenvalue weighted by molar-refractivity contribution is -0.149. The quantitative estimate of drug-likeness (QED) is 0.449. The predicted molar refractivity (Wildman–Crippen MR) is 156 cm³/mol. The summed E-state index contributed by atoms with van der Waals surface area (Å²) < 4.78 is 23.9. The number of hydrogen-bond donors (Lipinski definition) is 1. The number of pyridine rings is 1. The Labute approximate surface area is 240 Å². The van der Waals surface area contributed by atoms with Crippen molar-refractivity contribution >= 4 is 23.7 Å². The number of fused-ring (bicyclic) bond motifs is 1. The average molecular weight is 559 g/mol. The summed E-state index contributed by atoms with van der Waals surface area (Å²) in [6, 6.07) is 16.5. The van der Waals surface area contributed by atoms with Crippen LogP contribution >= 0.6 is 0 Å². The molecule has 1 atom stereocenters. The highest BCUT2D eigenvalue weighted by Gasteiger charge is 2.48. The number of halogens is 2. The number of hydrogen-bond acceptors (Lipinski definition) is 4. The largest absolute Gasteiger partial charge is 0.336 e. The number of benzene rings is 2. The molecule has 1 saturated heterocycles. The van der Waals surface area contributed by atoms with Crippen molar-refractivity contribution in [1.29, 1.82) is 0 Å². The second-order valence-corrected chi connectivity index (χ2v) is 11.1. The molecule has 8 heteroatoms. The van der Waals surface area contributed by atoms with Crippen LogP contribution in [0.2, 0.25) is 0 Å². The molecule has 6 nitrogen and oxygen atoms in total. The maximum atomic E-state index is 13.2. The molecule has 2 amide bonds. The Morgan fingerprint density at radius 1 is 1.00 bits per heavy atom. The van der Waals surface area contributed by atoms with Crippen molar-refractivity contribution in [3.05, 3.63) is 101 Å². The van der Waals surface area contributed by atoms with Crippen molar-refractivity contribution in [2.24, 2.45) is 5.92 Å². The van der Waals surface area contributed by atoms with E-state index in [1.54, 1.807) is 6.20 Å². The number of nitrogens with zero attached hydrogens (tertiary/aromatic N) is 3. The number of likely N-dealkylation sites (N-methyl/N-ethyl adjacent to an activating group) is 1. The number of nitrogens with one attached hydrogen (secondary N) is 1. The Balaban J connectivity index is 0.000000365. The van der Waals surface area contributed by atoms with Crippen molar-refractivity contribution < 1.29 is 18.4 Å². The minimum atomic E-state index is -0.537. The van der Waals surface area contributed by atoms with E-state index in [2.05, 4.69) is 52.6 Å². The van der Waals surface area contributed by atoms with Gasteiger partial charge in [-0.3, -0.25) is 14.5 Å². The summed E-state index contributed by atoms with van der Waals surface area (Å²) in [6.07, 6.45) is 11.7. The summed E-state index contributed by atoms with van der Waals surface area (Å²) in [7, 11) is 2.10. The fraction of sp³-hybridized carbons (Fsp3) is 0.364. The first-order valence-electron chi connectivity index (χ1n) is 14.3. The Bertz CT molecular complexity index is 1390. The van der Waals surface area contributed by atoms with E-state index in [4.69, 9.17) is 0 Å². The topological polar surface area (TPSA) is 65.5 Å². The zero-order valence-corrected chi connectivity index (χ0v) is 23.4. The van der Waals surface area contributed by atoms with Gasteiger partial charge in [-0.25, -0.2) is 13.8 Å². The lowest BCUT2D eigenvalue weighted by Gasteiger charge is -2.46. The third-order valence-corrected chi connectivity index (χ3v) is 8.42. The predicted octanol–water partition coefficient (Wildman–Crippen LogP) is 5.50. The maximum absolute atomic E-state index is 13.2. The van der Waals surface area contributed by atoms with Crippen molar-refractivity contribution in [1.82, 2.24) is 14.8 Å². The van der Waals surface area contributed by atoms with Gasteiger partial charge in [-0.1, -0.05) is 55.3 Å². The zero-order chi connectivity index (χ0) is 28.8. The van der Waals surface area contributed by atoms with Crippen LogP contribution in [0.4, 0.5) is 14.6 Å². The van der Waals surface area contributed by atoms with E-state index in [1.165, 1.54) is 29.3 Å². The molecule has 0 bridgehead atoms. The summed E-state index contributed by atoms with van der Waals surface area (Å²) in [5, 5.41) is 2.93. The maximum Gasteiger partial charge on any atom is 0.243 e. The number of rotatable bonds is 5. The van der Waals surface area contributed by atoms with Crippen LogP contribution in [0.1, 0.15) is 42.4 Å². The summed E-state index contributed by atoms with van der Waals surface area (Å²) in [4.78, 5) is 34.4. The first kappa shape index (κ1) is 28.6. The lowest BCUT2D eigenvalue weighted by atomic mass is 9.91. The molecule has 214 valence electrons. The third-order valence-electron chi connectivity index (χ3n) is 8.42. The van der Waals surface area contributed by atoms with E-state index < -0.39 is 11.6 Å². The van der Waals surface area contributed by atoms with Gasteiger partial charge in [0.1, 0.15) is 23.0 Å². The molecule has 1 aliphatic heterocycles. The van der Waals surface area contributed by atoms with Crippen molar-refractivity contribution in [2.75, 3.05) is 32.0 Å². The van der Waals surface area contributed by atoms with Gasteiger partial charge in [0.2, 0.25) is 11.8 Å². The lowest BCUT2D eigenvalue weighted by Crippen LogP contribution is -2.63. The minimum absolute atomic E-state index is 0.0245. The molecule has 3 aliphatic rings. The first-order chi connectivity index (χ1) is 19.8. The van der Waals surface area contributed by atoms with E-state index in [9.17, 15) is 18.4 Å². The Kier molecular flexibility index (Phi) is 8.88. The van der Waals surface area contributed by atoms with Gasteiger partial charge >= 0.3 is 0 Å². The van der Waals surface area contributed by atoms with Gasteiger partial charge in [-0.15, -0.1) is 0 Å². The second kappa shape index (κ2) is 12.7. The Morgan fingerprint density at radius 2 is 1.76 bits per heavy atom. The summed E-state index contributed by atoms with van der Waals surface area (Å²) in [5.74, 6) is -0.216. The van der Waals surface area contributed by atoms with Gasteiger partial charge in [0.05, 0.1) is 0 Å². The van der Waals surface area contributed by atoms with Gasteiger partial charge in [-0.2, -0.15) is 0 Å². The molecule has 41 heavy (non-hydrogen) atoms. The van der Waals surface area contributed by atoms with Crippen LogP contribution in [0.3, 0.4) is 0 Å². The Hall–Kier alpha value is -3.91. The van der Waals surface area contributed by atoms with Crippen LogP contribution in [0.25, 0.3) is 6.08 Å². The molecule has 1 unspecified atom stereocenters. The fourth-order valence-electron chi connectivity index (χ4n) is 6.14. The number of aromatic nitrogens is 1. The number of carbonyl (C=O) groups is 2. The first-order valence-corrected chi connectivity index (χ1v) is 14.3. The van der Waals surface area contributed by atoms with Crippen molar-refractivity contribution in [3.8, 4) is 0 Å². The fourth-order valence-corrected chi connectivity index (χ4v) is 6.14. The van der Waals surface area contributed by atoms with Crippen LogP contribution in [0, 0.1) is 17.6 Å². The van der Waals surface area contributed by atoms with Crippen LogP contribution < -0.4 is 5.32 Å². The van der Waals surface area contributed by atoms with E-state index in [0.717, 1.165) is 63.2 Å². The molecule has 0 radical (unpaired) electrons. The minimum Gasteiger partial charge on any atom is -0.336 e. The number of amides is 2. The molecule has 2 heterocycles. The third kappa shape index (κ3) is 6.70. The summed E-state index contributed by atoms with van der Waals surface area (Å²) in [5.41, 5.74) is 3.34. The van der Waals surface area contributed by atoms with E-state index in [0.29, 0.717) is 18.3 Å². The molecule has 2 aliphatic carbocycles. The molecule has 1 saturated carbocycles. The molecule has 6 rings (SSSR count). The highest BCUT2D eigenvalue weighted by atomic mass is 19.1. The van der Waals surface area contributed by atoms with Gasteiger partial charge in [0.15, 0.2) is 0 Å². The Morgan fingerprint density at radius 3 is 2.44 bits per heavy atom.